The molecule has 25 heavy (non-hydrogen) atoms. The van der Waals surface area contributed by atoms with Crippen molar-refractivity contribution in [1.82, 2.24) is 15.8 Å². The van der Waals surface area contributed by atoms with Crippen LogP contribution in [0.3, 0.4) is 0 Å². The van der Waals surface area contributed by atoms with Gasteiger partial charge < -0.3 is 9.64 Å². The fourth-order valence-electron chi connectivity index (χ4n) is 5.12. The first-order valence-electron chi connectivity index (χ1n) is 9.26. The van der Waals surface area contributed by atoms with E-state index in [0.717, 1.165) is 31.4 Å². The first-order valence-corrected chi connectivity index (χ1v) is 9.26. The van der Waals surface area contributed by atoms with Crippen molar-refractivity contribution < 1.29 is 13.9 Å². The molecule has 2 N–H and O–H groups in total. The summed E-state index contributed by atoms with van der Waals surface area (Å²) in [6, 6.07) is 5.53. The van der Waals surface area contributed by atoms with Crippen LogP contribution in [0.1, 0.15) is 37.7 Å². The van der Waals surface area contributed by atoms with Crippen LogP contribution in [0.25, 0.3) is 0 Å². The van der Waals surface area contributed by atoms with E-state index >= 15 is 0 Å². The van der Waals surface area contributed by atoms with Crippen molar-refractivity contribution in [3.63, 3.8) is 0 Å². The van der Waals surface area contributed by atoms with Crippen LogP contribution in [0.5, 0.6) is 5.75 Å². The second kappa shape index (κ2) is 6.57. The Morgan fingerprint density at radius 3 is 2.92 bits per heavy atom. The van der Waals surface area contributed by atoms with Crippen LogP contribution in [-0.2, 0) is 4.79 Å². The Bertz CT molecular complexity index is 668. The van der Waals surface area contributed by atoms with Crippen LogP contribution in [-0.4, -0.2) is 43.1 Å². The summed E-state index contributed by atoms with van der Waals surface area (Å²) in [6.07, 6.45) is 2.81. The van der Waals surface area contributed by atoms with Gasteiger partial charge in [0.25, 0.3) is 0 Å². The normalized spacial score (nSPS) is 34.6. The lowest BCUT2D eigenvalue weighted by Crippen LogP contribution is -2.61. The number of carbonyl (C=O) groups excluding carboxylic acids is 1. The number of hydrogen-bond acceptors (Lipinski definition) is 4. The summed E-state index contributed by atoms with van der Waals surface area (Å²) in [5.74, 6) is 1.21. The second-order valence-corrected chi connectivity index (χ2v) is 7.41. The van der Waals surface area contributed by atoms with E-state index in [1.54, 1.807) is 7.11 Å². The molecule has 6 heteroatoms. The summed E-state index contributed by atoms with van der Waals surface area (Å²) in [4.78, 5) is 14.9. The lowest BCUT2D eigenvalue weighted by atomic mass is 9.67. The van der Waals surface area contributed by atoms with Crippen LogP contribution in [0.4, 0.5) is 4.39 Å². The van der Waals surface area contributed by atoms with E-state index in [9.17, 15) is 9.18 Å². The standard InChI is InChI=1S/C19H26FN3O2/c1-3-23-17-8-11(13-7-5-12(25-2)9-16(13)20)4-6-14(17)18-15(19(23)24)10-21-22-18/h5,7,9,11,14-15,17-18,21-22H,3-4,6,8,10H2,1-2H3. The molecule has 0 spiro atoms. The Hall–Kier alpha value is -1.66. The Labute approximate surface area is 147 Å². The largest absolute Gasteiger partial charge is 0.497 e. The van der Waals surface area contributed by atoms with Crippen molar-refractivity contribution in [3.05, 3.63) is 29.6 Å². The number of ether oxygens (including phenoxy) is 1. The van der Waals surface area contributed by atoms with Gasteiger partial charge in [-0.05, 0) is 49.7 Å². The highest BCUT2D eigenvalue weighted by atomic mass is 19.1. The highest BCUT2D eigenvalue weighted by Crippen LogP contribution is 2.45. The molecule has 0 bridgehead atoms. The average molecular weight is 347 g/mol. The molecule has 1 aromatic rings. The summed E-state index contributed by atoms with van der Waals surface area (Å²) in [7, 11) is 1.55. The van der Waals surface area contributed by atoms with E-state index in [-0.39, 0.29) is 35.6 Å². The van der Waals surface area contributed by atoms with Crippen LogP contribution in [0.15, 0.2) is 18.2 Å². The maximum Gasteiger partial charge on any atom is 0.228 e. The molecule has 2 aliphatic heterocycles. The molecule has 3 fully saturated rings. The topological polar surface area (TPSA) is 53.6 Å². The Kier molecular flexibility index (Phi) is 4.41. The molecule has 1 amide bonds. The minimum Gasteiger partial charge on any atom is -0.497 e. The van der Waals surface area contributed by atoms with Gasteiger partial charge in [-0.15, -0.1) is 0 Å². The molecular formula is C19H26FN3O2. The molecule has 5 nitrogen and oxygen atoms in total. The van der Waals surface area contributed by atoms with E-state index in [2.05, 4.69) is 10.9 Å². The van der Waals surface area contributed by atoms with E-state index < -0.39 is 0 Å². The average Bonchev–Trinajstić information content (AvgIpc) is 3.12. The van der Waals surface area contributed by atoms with Crippen LogP contribution in [0.2, 0.25) is 0 Å². The monoisotopic (exact) mass is 347 g/mol. The van der Waals surface area contributed by atoms with Crippen molar-refractivity contribution in [2.24, 2.45) is 11.8 Å². The van der Waals surface area contributed by atoms with Crippen LogP contribution in [0, 0.1) is 17.7 Å². The third-order valence-electron chi connectivity index (χ3n) is 6.34. The van der Waals surface area contributed by atoms with Crippen molar-refractivity contribution in [1.29, 1.82) is 0 Å². The lowest BCUT2D eigenvalue weighted by Gasteiger charge is -2.50. The summed E-state index contributed by atoms with van der Waals surface area (Å²) < 4.78 is 19.6. The molecule has 0 aromatic heterocycles. The summed E-state index contributed by atoms with van der Waals surface area (Å²) in [6.45, 7) is 3.48. The van der Waals surface area contributed by atoms with Crippen LogP contribution < -0.4 is 15.6 Å². The van der Waals surface area contributed by atoms with Gasteiger partial charge >= 0.3 is 0 Å². The molecule has 5 atom stereocenters. The lowest BCUT2D eigenvalue weighted by molar-refractivity contribution is -0.146. The number of halogens is 1. The number of benzene rings is 1. The fraction of sp³-hybridized carbons (Fsp3) is 0.632. The van der Waals surface area contributed by atoms with Crippen molar-refractivity contribution >= 4 is 5.91 Å². The molecule has 2 saturated heterocycles. The number of likely N-dealkylation sites (tertiary alicyclic amines) is 1. The minimum atomic E-state index is -0.202. The number of fused-ring (bicyclic) bond motifs is 3. The molecule has 0 radical (unpaired) electrons. The van der Waals surface area contributed by atoms with Gasteiger partial charge in [-0.25, -0.2) is 4.39 Å². The predicted octanol–water partition coefficient (Wildman–Crippen LogP) is 2.04. The van der Waals surface area contributed by atoms with E-state index in [0.29, 0.717) is 18.2 Å². The Morgan fingerprint density at radius 2 is 2.20 bits per heavy atom. The molecule has 2 heterocycles. The van der Waals surface area contributed by atoms with Gasteiger partial charge in [-0.1, -0.05) is 6.07 Å². The number of methoxy groups -OCH3 is 1. The second-order valence-electron chi connectivity index (χ2n) is 7.41. The molecule has 1 aliphatic carbocycles. The number of nitrogens with one attached hydrogen (secondary N) is 2. The van der Waals surface area contributed by atoms with Gasteiger partial charge in [-0.2, -0.15) is 0 Å². The summed E-state index contributed by atoms with van der Waals surface area (Å²) in [5, 5.41) is 0. The maximum absolute atomic E-state index is 14.5. The zero-order valence-corrected chi connectivity index (χ0v) is 14.8. The summed E-state index contributed by atoms with van der Waals surface area (Å²) in [5.41, 5.74) is 7.24. The zero-order valence-electron chi connectivity index (χ0n) is 14.8. The SMILES string of the molecule is CCN1C(=O)C2CNNC2C2CCC(c3ccc(OC)cc3F)CC21. The molecule has 3 aliphatic rings. The van der Waals surface area contributed by atoms with E-state index in [1.165, 1.54) is 6.07 Å². The number of piperidine rings is 1. The first-order chi connectivity index (χ1) is 12.1. The van der Waals surface area contributed by atoms with Crippen LogP contribution >= 0.6 is 0 Å². The minimum absolute atomic E-state index is 0.0375. The van der Waals surface area contributed by atoms with Crippen molar-refractivity contribution in [3.8, 4) is 5.75 Å². The van der Waals surface area contributed by atoms with Gasteiger partial charge in [0.1, 0.15) is 11.6 Å². The smallest absolute Gasteiger partial charge is 0.228 e. The number of amides is 1. The molecule has 5 unspecified atom stereocenters. The Balaban J connectivity index is 1.59. The third kappa shape index (κ3) is 2.72. The summed E-state index contributed by atoms with van der Waals surface area (Å²) >= 11 is 0. The van der Waals surface area contributed by atoms with Crippen molar-refractivity contribution in [2.75, 3.05) is 20.2 Å². The first kappa shape index (κ1) is 16.8. The quantitative estimate of drug-likeness (QED) is 0.879. The number of hydrazine groups is 1. The molecule has 4 rings (SSSR count). The zero-order chi connectivity index (χ0) is 17.6. The van der Waals surface area contributed by atoms with E-state index in [1.807, 2.05) is 24.0 Å². The maximum atomic E-state index is 14.5. The van der Waals surface area contributed by atoms with Gasteiger partial charge in [0.15, 0.2) is 0 Å². The number of rotatable bonds is 3. The molecular weight excluding hydrogens is 321 g/mol. The molecule has 1 saturated carbocycles. The fourth-order valence-corrected chi connectivity index (χ4v) is 5.12. The highest BCUT2D eigenvalue weighted by Gasteiger charge is 2.51. The number of hydrogen-bond donors (Lipinski definition) is 2. The third-order valence-corrected chi connectivity index (χ3v) is 6.34. The van der Waals surface area contributed by atoms with Gasteiger partial charge in [-0.3, -0.25) is 15.6 Å². The van der Waals surface area contributed by atoms with Crippen molar-refractivity contribution in [2.45, 2.75) is 44.2 Å². The number of nitrogens with zero attached hydrogens (tertiary/aromatic N) is 1. The Morgan fingerprint density at radius 1 is 1.36 bits per heavy atom. The predicted molar refractivity (Wildman–Crippen MR) is 92.6 cm³/mol. The van der Waals surface area contributed by atoms with Gasteiger partial charge in [0.05, 0.1) is 13.0 Å². The van der Waals surface area contributed by atoms with E-state index in [4.69, 9.17) is 4.74 Å². The molecule has 1 aromatic carbocycles. The molecule has 136 valence electrons. The van der Waals surface area contributed by atoms with Gasteiger partial charge in [0, 0.05) is 31.2 Å². The number of carbonyl (C=O) groups is 1. The van der Waals surface area contributed by atoms with Gasteiger partial charge in [0.2, 0.25) is 5.91 Å². The highest BCUT2D eigenvalue weighted by molar-refractivity contribution is 5.81.